The van der Waals surface area contributed by atoms with E-state index < -0.39 is 0 Å². The second-order valence-electron chi connectivity index (χ2n) is 6.02. The van der Waals surface area contributed by atoms with Crippen molar-refractivity contribution in [3.05, 3.63) is 11.9 Å². The van der Waals surface area contributed by atoms with E-state index in [1.165, 1.54) is 25.7 Å². The van der Waals surface area contributed by atoms with Crippen molar-refractivity contribution in [3.8, 4) is 0 Å². The van der Waals surface area contributed by atoms with Gasteiger partial charge in [0.2, 0.25) is 0 Å². The number of rotatable bonds is 4. The molecule has 1 heterocycles. The van der Waals surface area contributed by atoms with Gasteiger partial charge in [0, 0.05) is 25.2 Å². The van der Waals surface area contributed by atoms with E-state index in [-0.39, 0.29) is 11.6 Å². The van der Waals surface area contributed by atoms with Crippen LogP contribution in [-0.2, 0) is 13.5 Å². The fourth-order valence-electron chi connectivity index (χ4n) is 3.30. The third kappa shape index (κ3) is 3.15. The Balaban J connectivity index is 2.13. The lowest BCUT2D eigenvalue weighted by atomic mass is 9.81. The van der Waals surface area contributed by atoms with Crippen molar-refractivity contribution in [1.82, 2.24) is 19.9 Å². The van der Waals surface area contributed by atoms with Gasteiger partial charge in [0.15, 0.2) is 0 Å². The number of likely N-dealkylation sites (N-methyl/N-ethyl adjacent to an activating group) is 1. The van der Waals surface area contributed by atoms with Gasteiger partial charge < -0.3 is 10.0 Å². The molecule has 1 N–H and O–H groups in total. The van der Waals surface area contributed by atoms with E-state index in [2.05, 4.69) is 29.3 Å². The lowest BCUT2D eigenvalue weighted by molar-refractivity contribution is -0.0179. The number of hydrogen-bond acceptors (Lipinski definition) is 4. The molecule has 0 aliphatic heterocycles. The number of hydrogen-bond donors (Lipinski definition) is 1. The molecule has 1 aliphatic carbocycles. The van der Waals surface area contributed by atoms with E-state index in [4.69, 9.17) is 0 Å². The number of nitrogens with zero attached hydrogens (tertiary/aromatic N) is 4. The summed E-state index contributed by atoms with van der Waals surface area (Å²) in [5.74, 6) is 0. The van der Waals surface area contributed by atoms with Gasteiger partial charge in [0.05, 0.1) is 11.8 Å². The predicted octanol–water partition coefficient (Wildman–Crippen LogP) is 1.37. The minimum absolute atomic E-state index is 0.103. The first-order valence-electron chi connectivity index (χ1n) is 7.25. The van der Waals surface area contributed by atoms with Crippen LogP contribution in [0.5, 0.6) is 0 Å². The first-order chi connectivity index (χ1) is 9.04. The largest absolute Gasteiger partial charge is 0.391 e. The van der Waals surface area contributed by atoms with Crippen molar-refractivity contribution >= 4 is 0 Å². The molecule has 0 spiro atoms. The van der Waals surface area contributed by atoms with Crippen LogP contribution in [0.4, 0.5) is 0 Å². The third-order valence-electron chi connectivity index (χ3n) is 4.53. The summed E-state index contributed by atoms with van der Waals surface area (Å²) >= 11 is 0. The van der Waals surface area contributed by atoms with Crippen LogP contribution in [0.3, 0.4) is 0 Å². The molecule has 1 aromatic rings. The minimum atomic E-state index is -0.378. The van der Waals surface area contributed by atoms with Crippen LogP contribution < -0.4 is 0 Å². The zero-order valence-electron chi connectivity index (χ0n) is 12.3. The van der Waals surface area contributed by atoms with Gasteiger partial charge in [-0.3, -0.25) is 4.68 Å². The summed E-state index contributed by atoms with van der Waals surface area (Å²) in [5.41, 5.74) is 0.772. The monoisotopic (exact) mass is 266 g/mol. The van der Waals surface area contributed by atoms with Gasteiger partial charge >= 0.3 is 0 Å². The maximum atomic E-state index is 10.8. The highest BCUT2D eigenvalue weighted by atomic mass is 16.3. The van der Waals surface area contributed by atoms with Crippen LogP contribution >= 0.6 is 0 Å². The van der Waals surface area contributed by atoms with Crippen molar-refractivity contribution in [3.63, 3.8) is 0 Å². The molecule has 108 valence electrons. The zero-order valence-corrected chi connectivity index (χ0v) is 12.3. The van der Waals surface area contributed by atoms with Crippen molar-refractivity contribution < 1.29 is 5.11 Å². The smallest absolute Gasteiger partial charge is 0.0853 e. The Bertz CT molecular complexity index is 394. The molecule has 1 saturated carbocycles. The molecule has 0 aromatic carbocycles. The Morgan fingerprint density at radius 2 is 1.95 bits per heavy atom. The molecule has 1 aromatic heterocycles. The molecule has 19 heavy (non-hydrogen) atoms. The molecule has 0 radical (unpaired) electrons. The van der Waals surface area contributed by atoms with Crippen molar-refractivity contribution in [2.24, 2.45) is 7.05 Å². The van der Waals surface area contributed by atoms with Crippen molar-refractivity contribution in [1.29, 1.82) is 0 Å². The molecule has 1 atom stereocenters. The van der Waals surface area contributed by atoms with Crippen LogP contribution in [0.25, 0.3) is 0 Å². The van der Waals surface area contributed by atoms with Crippen LogP contribution in [0.2, 0.25) is 0 Å². The molecule has 0 bridgehead atoms. The molecule has 5 nitrogen and oxygen atoms in total. The second-order valence-corrected chi connectivity index (χ2v) is 6.02. The summed E-state index contributed by atoms with van der Waals surface area (Å²) < 4.78 is 1.69. The second kappa shape index (κ2) is 6.01. The summed E-state index contributed by atoms with van der Waals surface area (Å²) in [6.45, 7) is 0. The van der Waals surface area contributed by atoms with Gasteiger partial charge in [-0.2, -0.15) is 0 Å². The van der Waals surface area contributed by atoms with Gasteiger partial charge in [-0.1, -0.05) is 30.9 Å². The van der Waals surface area contributed by atoms with Gasteiger partial charge in [-0.15, -0.1) is 5.10 Å². The fourth-order valence-corrected chi connectivity index (χ4v) is 3.30. The standard InChI is InChI=1S/C14H26N4O/c1-17(2)14(8-6-4-5-7-9-14)13(19)10-12-11-18(3)16-15-12/h11,13,19H,4-10H2,1-3H3. The Morgan fingerprint density at radius 1 is 1.32 bits per heavy atom. The Hall–Kier alpha value is -0.940. The van der Waals surface area contributed by atoms with Crippen molar-refractivity contribution in [2.75, 3.05) is 14.1 Å². The molecule has 0 saturated heterocycles. The Kier molecular flexibility index (Phi) is 4.58. The van der Waals surface area contributed by atoms with Crippen LogP contribution in [0.1, 0.15) is 44.2 Å². The van der Waals surface area contributed by atoms with E-state index in [9.17, 15) is 5.11 Å². The highest BCUT2D eigenvalue weighted by molar-refractivity contribution is 5.03. The number of aryl methyl sites for hydroxylation is 1. The lowest BCUT2D eigenvalue weighted by Crippen LogP contribution is -2.54. The average molecular weight is 266 g/mol. The molecule has 2 rings (SSSR count). The third-order valence-corrected chi connectivity index (χ3v) is 4.53. The first-order valence-corrected chi connectivity index (χ1v) is 7.25. The summed E-state index contributed by atoms with van der Waals surface area (Å²) in [6, 6.07) is 0. The van der Waals surface area contributed by atoms with Gasteiger partial charge in [-0.25, -0.2) is 0 Å². The highest BCUT2D eigenvalue weighted by Gasteiger charge is 2.40. The Labute approximate surface area is 115 Å². The molecule has 1 unspecified atom stereocenters. The van der Waals surface area contributed by atoms with Gasteiger partial charge in [0.25, 0.3) is 0 Å². The van der Waals surface area contributed by atoms with Gasteiger partial charge in [-0.05, 0) is 26.9 Å². The molecule has 1 aliphatic rings. The summed E-state index contributed by atoms with van der Waals surface area (Å²) in [4.78, 5) is 2.22. The van der Waals surface area contributed by atoms with Crippen molar-refractivity contribution in [2.45, 2.75) is 56.6 Å². The molecular weight excluding hydrogens is 240 g/mol. The van der Waals surface area contributed by atoms with Crippen LogP contribution in [-0.4, -0.2) is 50.7 Å². The average Bonchev–Trinajstić information content (AvgIpc) is 2.65. The van der Waals surface area contributed by atoms with E-state index in [1.54, 1.807) is 4.68 Å². The van der Waals surface area contributed by atoms with E-state index in [1.807, 2.05) is 13.2 Å². The van der Waals surface area contributed by atoms with Crippen LogP contribution in [0, 0.1) is 0 Å². The first kappa shape index (κ1) is 14.5. The van der Waals surface area contributed by atoms with E-state index in [0.717, 1.165) is 18.5 Å². The molecule has 1 fully saturated rings. The quantitative estimate of drug-likeness (QED) is 0.836. The number of aromatic nitrogens is 3. The minimum Gasteiger partial charge on any atom is -0.391 e. The van der Waals surface area contributed by atoms with Crippen LogP contribution in [0.15, 0.2) is 6.20 Å². The lowest BCUT2D eigenvalue weighted by Gasteiger charge is -2.43. The number of aliphatic hydroxyl groups is 1. The fraction of sp³-hybridized carbons (Fsp3) is 0.857. The summed E-state index contributed by atoms with van der Waals surface area (Å²) in [5, 5.41) is 18.8. The molecular formula is C14H26N4O. The molecule has 5 heteroatoms. The summed E-state index contributed by atoms with van der Waals surface area (Å²) in [6.07, 6.45) is 9.22. The Morgan fingerprint density at radius 3 is 2.42 bits per heavy atom. The van der Waals surface area contributed by atoms with E-state index in [0.29, 0.717) is 6.42 Å². The van der Waals surface area contributed by atoms with E-state index >= 15 is 0 Å². The maximum Gasteiger partial charge on any atom is 0.0853 e. The predicted molar refractivity (Wildman–Crippen MR) is 74.8 cm³/mol. The topological polar surface area (TPSA) is 54.2 Å². The molecule has 0 amide bonds. The zero-order chi connectivity index (χ0) is 13.9. The number of aliphatic hydroxyl groups excluding tert-OH is 1. The highest BCUT2D eigenvalue weighted by Crippen LogP contribution is 2.35. The summed E-state index contributed by atoms with van der Waals surface area (Å²) in [7, 11) is 6.03. The van der Waals surface area contributed by atoms with Gasteiger partial charge in [0.1, 0.15) is 0 Å². The normalized spacial score (nSPS) is 21.3. The SMILES string of the molecule is CN(C)C1(C(O)Cc2cn(C)nn2)CCCCCC1. The maximum absolute atomic E-state index is 10.8.